The molecule has 1 saturated heterocycles. The molecule has 0 spiro atoms. The fourth-order valence-corrected chi connectivity index (χ4v) is 2.61. The van der Waals surface area contributed by atoms with E-state index in [1.807, 2.05) is 0 Å². The summed E-state index contributed by atoms with van der Waals surface area (Å²) in [5.74, 6) is 0. The van der Waals surface area contributed by atoms with Crippen molar-refractivity contribution >= 4 is 0 Å². The lowest BCUT2D eigenvalue weighted by Gasteiger charge is -2.22. The van der Waals surface area contributed by atoms with E-state index in [-0.39, 0.29) is 0 Å². The molecule has 0 bridgehead atoms. The van der Waals surface area contributed by atoms with Gasteiger partial charge in [0.25, 0.3) is 0 Å². The second kappa shape index (κ2) is 3.37. The van der Waals surface area contributed by atoms with Crippen molar-refractivity contribution in [2.24, 2.45) is 5.41 Å². The fourth-order valence-electron chi connectivity index (χ4n) is 2.61. The summed E-state index contributed by atoms with van der Waals surface area (Å²) in [6.07, 6.45) is 8.77. The molecule has 1 saturated carbocycles. The van der Waals surface area contributed by atoms with E-state index in [2.05, 4.69) is 11.8 Å². The number of rotatable bonds is 4. The van der Waals surface area contributed by atoms with Crippen molar-refractivity contribution in [3.05, 3.63) is 0 Å². The molecule has 1 aliphatic heterocycles. The van der Waals surface area contributed by atoms with E-state index in [9.17, 15) is 0 Å². The molecule has 70 valence electrons. The summed E-state index contributed by atoms with van der Waals surface area (Å²) in [5, 5.41) is 0. The van der Waals surface area contributed by atoms with Gasteiger partial charge in [0, 0.05) is 6.54 Å². The van der Waals surface area contributed by atoms with Gasteiger partial charge in [-0.05, 0) is 50.6 Å². The minimum atomic E-state index is 0.791. The molecule has 1 heterocycles. The second-order valence-electron chi connectivity index (χ2n) is 4.73. The Morgan fingerprint density at radius 3 is 2.33 bits per heavy atom. The average molecular weight is 167 g/mol. The van der Waals surface area contributed by atoms with Gasteiger partial charge in [-0.25, -0.2) is 0 Å². The van der Waals surface area contributed by atoms with Crippen molar-refractivity contribution in [2.75, 3.05) is 19.6 Å². The van der Waals surface area contributed by atoms with Gasteiger partial charge in [0.1, 0.15) is 0 Å². The smallest absolute Gasteiger partial charge is 0.00380 e. The zero-order chi connectivity index (χ0) is 8.44. The van der Waals surface area contributed by atoms with Crippen molar-refractivity contribution in [1.29, 1.82) is 0 Å². The lowest BCUT2D eigenvalue weighted by atomic mass is 10.0. The van der Waals surface area contributed by atoms with Gasteiger partial charge in [-0.15, -0.1) is 0 Å². The van der Waals surface area contributed by atoms with Crippen LogP contribution in [-0.4, -0.2) is 24.5 Å². The molecule has 2 aliphatic rings. The molecule has 0 aromatic heterocycles. The first-order valence-corrected chi connectivity index (χ1v) is 5.57. The Kier molecular flexibility index (Phi) is 2.40. The van der Waals surface area contributed by atoms with Gasteiger partial charge in [-0.3, -0.25) is 0 Å². The molecular weight excluding hydrogens is 146 g/mol. The molecule has 2 rings (SSSR count). The Morgan fingerprint density at radius 1 is 1.17 bits per heavy atom. The van der Waals surface area contributed by atoms with E-state index >= 15 is 0 Å². The van der Waals surface area contributed by atoms with E-state index in [1.165, 1.54) is 58.2 Å². The molecule has 0 aromatic carbocycles. The number of hydrogen-bond acceptors (Lipinski definition) is 1. The minimum Gasteiger partial charge on any atom is -0.303 e. The molecule has 0 atom stereocenters. The first-order chi connectivity index (χ1) is 5.85. The zero-order valence-corrected chi connectivity index (χ0v) is 8.31. The fraction of sp³-hybridized carbons (Fsp3) is 1.00. The van der Waals surface area contributed by atoms with E-state index in [4.69, 9.17) is 0 Å². The van der Waals surface area contributed by atoms with Crippen molar-refractivity contribution in [3.8, 4) is 0 Å². The van der Waals surface area contributed by atoms with Crippen molar-refractivity contribution in [2.45, 2.75) is 45.4 Å². The minimum absolute atomic E-state index is 0.791. The van der Waals surface area contributed by atoms with Gasteiger partial charge >= 0.3 is 0 Å². The maximum Gasteiger partial charge on any atom is 0.00380 e. The standard InChI is InChI=1S/C11H21N/c1-2-5-11(6-7-11)10-12-8-3-4-9-12/h2-10H2,1H3. The monoisotopic (exact) mass is 167 g/mol. The summed E-state index contributed by atoms with van der Waals surface area (Å²) in [5.41, 5.74) is 0.791. The normalized spacial score (nSPS) is 27.8. The molecule has 1 nitrogen and oxygen atoms in total. The van der Waals surface area contributed by atoms with Gasteiger partial charge < -0.3 is 4.90 Å². The van der Waals surface area contributed by atoms with Gasteiger partial charge in [0.2, 0.25) is 0 Å². The van der Waals surface area contributed by atoms with Gasteiger partial charge in [0.05, 0.1) is 0 Å². The van der Waals surface area contributed by atoms with Crippen molar-refractivity contribution in [3.63, 3.8) is 0 Å². The highest BCUT2D eigenvalue weighted by atomic mass is 15.1. The van der Waals surface area contributed by atoms with Crippen molar-refractivity contribution in [1.82, 2.24) is 4.90 Å². The summed E-state index contributed by atoms with van der Waals surface area (Å²) < 4.78 is 0. The van der Waals surface area contributed by atoms with Crippen LogP contribution in [0.15, 0.2) is 0 Å². The van der Waals surface area contributed by atoms with E-state index in [1.54, 1.807) is 0 Å². The predicted octanol–water partition coefficient (Wildman–Crippen LogP) is 2.66. The molecular formula is C11H21N. The quantitative estimate of drug-likeness (QED) is 0.622. The van der Waals surface area contributed by atoms with E-state index < -0.39 is 0 Å². The second-order valence-corrected chi connectivity index (χ2v) is 4.73. The van der Waals surface area contributed by atoms with Crippen LogP contribution in [0, 0.1) is 5.41 Å². The maximum absolute atomic E-state index is 2.68. The molecule has 1 aliphatic carbocycles. The third-order valence-corrected chi connectivity index (χ3v) is 3.50. The summed E-state index contributed by atoms with van der Waals surface area (Å²) in [6.45, 7) is 6.50. The average Bonchev–Trinajstić information content (AvgIpc) is 2.63. The molecule has 2 fully saturated rings. The predicted molar refractivity (Wildman–Crippen MR) is 52.2 cm³/mol. The van der Waals surface area contributed by atoms with Crippen LogP contribution < -0.4 is 0 Å². The van der Waals surface area contributed by atoms with Crippen LogP contribution >= 0.6 is 0 Å². The Hall–Kier alpha value is -0.0400. The zero-order valence-electron chi connectivity index (χ0n) is 8.31. The molecule has 0 radical (unpaired) electrons. The molecule has 0 aromatic rings. The summed E-state index contributed by atoms with van der Waals surface area (Å²) >= 11 is 0. The van der Waals surface area contributed by atoms with Crippen molar-refractivity contribution < 1.29 is 0 Å². The third-order valence-electron chi connectivity index (χ3n) is 3.50. The molecule has 12 heavy (non-hydrogen) atoms. The number of hydrogen-bond donors (Lipinski definition) is 0. The van der Waals surface area contributed by atoms with Gasteiger partial charge in [-0.1, -0.05) is 13.3 Å². The van der Waals surface area contributed by atoms with Crippen LogP contribution in [0.2, 0.25) is 0 Å². The maximum atomic E-state index is 2.68. The van der Waals surface area contributed by atoms with Crippen LogP contribution in [0.5, 0.6) is 0 Å². The van der Waals surface area contributed by atoms with Crippen LogP contribution in [-0.2, 0) is 0 Å². The molecule has 0 amide bonds. The van der Waals surface area contributed by atoms with E-state index in [0.717, 1.165) is 5.41 Å². The first-order valence-electron chi connectivity index (χ1n) is 5.57. The lowest BCUT2D eigenvalue weighted by Crippen LogP contribution is -2.27. The van der Waals surface area contributed by atoms with Crippen LogP contribution in [0.4, 0.5) is 0 Å². The number of nitrogens with zero attached hydrogens (tertiary/aromatic N) is 1. The third kappa shape index (κ3) is 1.82. The molecule has 1 heteroatoms. The Labute approximate surface area is 76.1 Å². The Morgan fingerprint density at radius 2 is 1.83 bits per heavy atom. The highest BCUT2D eigenvalue weighted by Crippen LogP contribution is 2.50. The molecule has 0 N–H and O–H groups in total. The van der Waals surface area contributed by atoms with E-state index in [0.29, 0.717) is 0 Å². The van der Waals surface area contributed by atoms with Gasteiger partial charge in [-0.2, -0.15) is 0 Å². The SMILES string of the molecule is CCCC1(CN2CCCC2)CC1. The summed E-state index contributed by atoms with van der Waals surface area (Å²) in [4.78, 5) is 2.68. The summed E-state index contributed by atoms with van der Waals surface area (Å²) in [7, 11) is 0. The van der Waals surface area contributed by atoms with Crippen LogP contribution in [0.1, 0.15) is 45.4 Å². The summed E-state index contributed by atoms with van der Waals surface area (Å²) in [6, 6.07) is 0. The molecule has 0 unspecified atom stereocenters. The highest BCUT2D eigenvalue weighted by molar-refractivity contribution is 4.95. The first kappa shape index (κ1) is 8.55. The Bertz CT molecular complexity index is 143. The largest absolute Gasteiger partial charge is 0.303 e. The number of likely N-dealkylation sites (tertiary alicyclic amines) is 1. The Balaban J connectivity index is 1.77. The highest BCUT2D eigenvalue weighted by Gasteiger charge is 2.42. The van der Waals surface area contributed by atoms with Crippen LogP contribution in [0.3, 0.4) is 0 Å². The van der Waals surface area contributed by atoms with Crippen LogP contribution in [0.25, 0.3) is 0 Å². The topological polar surface area (TPSA) is 3.24 Å². The van der Waals surface area contributed by atoms with Gasteiger partial charge in [0.15, 0.2) is 0 Å². The lowest BCUT2D eigenvalue weighted by molar-refractivity contribution is 0.252.